The van der Waals surface area contributed by atoms with Crippen molar-refractivity contribution in [2.24, 2.45) is 34.0 Å². The van der Waals surface area contributed by atoms with Crippen LogP contribution in [0, 0.1) is 34.0 Å². The number of hydrogen-bond donors (Lipinski definition) is 4. The van der Waals surface area contributed by atoms with Crippen LogP contribution in [0.1, 0.15) is 226 Å². The normalized spacial score (nSPS) is 24.1. The highest BCUT2D eigenvalue weighted by Crippen LogP contribution is 2.54. The minimum Gasteiger partial charge on any atom is -0.387 e. The maximum absolute atomic E-state index is 14.3. The van der Waals surface area contributed by atoms with Crippen LogP contribution in [0.2, 0.25) is 0 Å². The molecule has 9 heteroatoms. The maximum atomic E-state index is 14.3. The minimum absolute atomic E-state index is 0.206. The van der Waals surface area contributed by atoms with Crippen LogP contribution in [-0.2, 0) is 5.54 Å². The van der Waals surface area contributed by atoms with Gasteiger partial charge in [0.2, 0.25) is 0 Å². The number of hydrogen-bond acceptors (Lipinski definition) is 5. The molecule has 0 bridgehead atoms. The van der Waals surface area contributed by atoms with Crippen molar-refractivity contribution in [1.82, 2.24) is 29.5 Å². The van der Waals surface area contributed by atoms with Gasteiger partial charge in [-0.2, -0.15) is 0 Å². The molecule has 0 radical (unpaired) electrons. The topological polar surface area (TPSA) is 116 Å². The fourth-order valence-corrected chi connectivity index (χ4v) is 15.3. The SMILES string of the molecule is FC(c1cnc[nH]1)C1CCC2(CCCCC2)CC1.OC(c1cn(C(c2ccccc2)(c2ccccc2)c2ccccc2)cn1)C1CCC2(CCCCC2)CC1.OC(c1cnc[nH]1)C1CCC2(CCCCC2)CC1. The van der Waals surface area contributed by atoms with Gasteiger partial charge in [0.1, 0.15) is 17.8 Å². The summed E-state index contributed by atoms with van der Waals surface area (Å²) in [5.74, 6) is 0.923. The molecular formula is C64H85FN6O2. The number of aromatic amines is 2. The molecular weight excluding hydrogens is 904 g/mol. The van der Waals surface area contributed by atoms with Gasteiger partial charge in [-0.15, -0.1) is 0 Å². The zero-order valence-electron chi connectivity index (χ0n) is 43.7. The van der Waals surface area contributed by atoms with Crippen molar-refractivity contribution >= 4 is 0 Å². The number of rotatable bonds is 10. The van der Waals surface area contributed by atoms with Gasteiger partial charge in [0.15, 0.2) is 0 Å². The summed E-state index contributed by atoms with van der Waals surface area (Å²) in [4.78, 5) is 18.7. The second kappa shape index (κ2) is 23.8. The van der Waals surface area contributed by atoms with Crippen LogP contribution >= 0.6 is 0 Å². The summed E-state index contributed by atoms with van der Waals surface area (Å²) in [6.07, 6.45) is 44.4. The number of nitrogens with one attached hydrogen (secondary N) is 2. The Morgan fingerprint density at radius 2 is 0.849 bits per heavy atom. The summed E-state index contributed by atoms with van der Waals surface area (Å²) >= 11 is 0. The molecule has 3 aromatic carbocycles. The highest BCUT2D eigenvalue weighted by molar-refractivity contribution is 5.50. The van der Waals surface area contributed by atoms with E-state index in [1.807, 2.05) is 6.33 Å². The molecule has 8 nitrogen and oxygen atoms in total. The van der Waals surface area contributed by atoms with Gasteiger partial charge >= 0.3 is 0 Å². The van der Waals surface area contributed by atoms with Crippen molar-refractivity contribution in [1.29, 1.82) is 0 Å². The Kier molecular flexibility index (Phi) is 16.8. The van der Waals surface area contributed by atoms with Crippen molar-refractivity contribution in [3.05, 3.63) is 162 Å². The number of H-pyrrole nitrogens is 2. The molecule has 4 N–H and O–H groups in total. The quantitative estimate of drug-likeness (QED) is 0.102. The molecule has 6 fully saturated rings. The number of aromatic nitrogens is 6. The Balaban J connectivity index is 0.000000141. The fourth-order valence-electron chi connectivity index (χ4n) is 15.3. The standard InChI is InChI=1S/C34H38N2O.C15H23FN2.C15H24N2O/c37-32(27-19-23-33(24-20-27)21-11-4-12-22-33)31-25-36(26-35-31)34(28-13-5-1-6-14-28,29-15-7-2-8-16-29)30-17-9-3-10-18-30;16-14(13-10-17-11-18-13)12-4-8-15(9-5-12)6-2-1-3-7-15;18-14(13-10-16-11-17-13)12-4-8-15(9-5-12)6-2-1-3-7-15/h1-3,5-10,13-18,25-27,32,37H,4,11-12,19-24H2;10-12,14H,1-9H2,(H,17,18);10-12,14,18H,1-9H2,(H,16,17). The first-order chi connectivity index (χ1) is 35.8. The highest BCUT2D eigenvalue weighted by Gasteiger charge is 2.43. The van der Waals surface area contributed by atoms with Gasteiger partial charge in [-0.3, -0.25) is 0 Å². The third-order valence-corrected chi connectivity index (χ3v) is 19.8. The second-order valence-corrected chi connectivity index (χ2v) is 24.0. The molecule has 73 heavy (non-hydrogen) atoms. The lowest BCUT2D eigenvalue weighted by Gasteiger charge is -2.43. The molecule has 3 aromatic heterocycles. The first-order valence-electron chi connectivity index (χ1n) is 29.0. The number of halogens is 1. The van der Waals surface area contributed by atoms with E-state index < -0.39 is 17.8 Å². The van der Waals surface area contributed by atoms with Crippen LogP contribution in [0.25, 0.3) is 0 Å². The van der Waals surface area contributed by atoms with Gasteiger partial charge in [-0.25, -0.2) is 19.3 Å². The van der Waals surface area contributed by atoms with E-state index in [4.69, 9.17) is 4.98 Å². The predicted octanol–water partition coefficient (Wildman–Crippen LogP) is 16.0. The van der Waals surface area contributed by atoms with Gasteiger partial charge in [-0.1, -0.05) is 149 Å². The van der Waals surface area contributed by atoms with Crippen LogP contribution in [-0.4, -0.2) is 39.7 Å². The minimum atomic E-state index is -0.839. The van der Waals surface area contributed by atoms with E-state index >= 15 is 0 Å². The molecule has 6 aromatic rings. The summed E-state index contributed by atoms with van der Waals surface area (Å²) in [5.41, 5.74) is 7.04. The molecule has 6 aliphatic carbocycles. The Bertz CT molecular complexity index is 2310. The second-order valence-electron chi connectivity index (χ2n) is 24.0. The zero-order chi connectivity index (χ0) is 50.0. The van der Waals surface area contributed by atoms with Crippen molar-refractivity contribution in [3.63, 3.8) is 0 Å². The predicted molar refractivity (Wildman–Crippen MR) is 290 cm³/mol. The average Bonchev–Trinajstić information content (AvgIpc) is 4.30. The molecule has 3 unspecified atom stereocenters. The van der Waals surface area contributed by atoms with Gasteiger partial charge in [-0.05, 0) is 166 Å². The van der Waals surface area contributed by atoms with E-state index in [0.717, 1.165) is 37.1 Å². The lowest BCUT2D eigenvalue weighted by atomic mass is 9.62. The van der Waals surface area contributed by atoms with E-state index in [1.165, 1.54) is 164 Å². The van der Waals surface area contributed by atoms with E-state index in [2.05, 4.69) is 122 Å². The first kappa shape index (κ1) is 51.6. The van der Waals surface area contributed by atoms with Crippen LogP contribution in [0.5, 0.6) is 0 Å². The van der Waals surface area contributed by atoms with Gasteiger partial charge in [0.25, 0.3) is 0 Å². The molecule has 390 valence electrons. The summed E-state index contributed by atoms with van der Waals surface area (Å²) in [6.45, 7) is 0. The van der Waals surface area contributed by atoms with Crippen molar-refractivity contribution in [3.8, 4) is 0 Å². The van der Waals surface area contributed by atoms with Crippen LogP contribution in [0.3, 0.4) is 0 Å². The van der Waals surface area contributed by atoms with Gasteiger partial charge in [0.05, 0.1) is 54.6 Å². The highest BCUT2D eigenvalue weighted by atomic mass is 19.1. The third kappa shape index (κ3) is 11.7. The Morgan fingerprint density at radius 1 is 0.479 bits per heavy atom. The zero-order valence-corrected chi connectivity index (χ0v) is 43.7. The number of imidazole rings is 3. The Morgan fingerprint density at radius 3 is 1.23 bits per heavy atom. The average molecular weight is 989 g/mol. The molecule has 0 saturated heterocycles. The lowest BCUT2D eigenvalue weighted by molar-refractivity contribution is 0.0272. The number of alkyl halides is 1. The number of nitrogens with zero attached hydrogens (tertiary/aromatic N) is 4. The number of aliphatic hydroxyl groups excluding tert-OH is 2. The largest absolute Gasteiger partial charge is 0.387 e. The molecule has 12 rings (SSSR count). The summed E-state index contributed by atoms with van der Waals surface area (Å²) in [6, 6.07) is 32.0. The maximum Gasteiger partial charge on any atom is 0.144 e. The van der Waals surface area contributed by atoms with E-state index in [9.17, 15) is 14.6 Å². The monoisotopic (exact) mass is 989 g/mol. The Labute approximate surface area is 435 Å². The van der Waals surface area contributed by atoms with Gasteiger partial charge in [0, 0.05) is 6.20 Å². The lowest BCUT2D eigenvalue weighted by Crippen LogP contribution is -2.37. The van der Waals surface area contributed by atoms with E-state index in [-0.39, 0.29) is 17.9 Å². The van der Waals surface area contributed by atoms with E-state index in [0.29, 0.717) is 27.9 Å². The van der Waals surface area contributed by atoms with E-state index in [1.54, 1.807) is 25.0 Å². The fraction of sp³-hybridized carbons (Fsp3) is 0.578. The molecule has 0 aliphatic heterocycles. The van der Waals surface area contributed by atoms with Crippen LogP contribution in [0.4, 0.5) is 4.39 Å². The van der Waals surface area contributed by atoms with Crippen LogP contribution < -0.4 is 0 Å². The molecule has 3 heterocycles. The molecule has 0 amide bonds. The van der Waals surface area contributed by atoms with Crippen LogP contribution in [0.15, 0.2) is 129 Å². The van der Waals surface area contributed by atoms with Gasteiger partial charge < -0.3 is 24.7 Å². The molecule has 6 saturated carbocycles. The molecule has 3 atom stereocenters. The molecule has 6 aliphatic rings. The summed E-state index contributed by atoms with van der Waals surface area (Å²) < 4.78 is 16.6. The summed E-state index contributed by atoms with van der Waals surface area (Å²) in [7, 11) is 0. The number of benzene rings is 3. The molecule has 3 spiro atoms. The third-order valence-electron chi connectivity index (χ3n) is 19.8. The summed E-state index contributed by atoms with van der Waals surface area (Å²) in [5, 5.41) is 21.9. The Hall–Kier alpha value is -4.86. The number of aliphatic hydroxyl groups is 2. The smallest absolute Gasteiger partial charge is 0.144 e. The van der Waals surface area contributed by atoms with Crippen molar-refractivity contribution in [2.75, 3.05) is 0 Å². The van der Waals surface area contributed by atoms with Crippen molar-refractivity contribution in [2.45, 2.75) is 197 Å². The first-order valence-corrected chi connectivity index (χ1v) is 29.0. The van der Waals surface area contributed by atoms with Crippen molar-refractivity contribution < 1.29 is 14.6 Å².